The van der Waals surface area contributed by atoms with Gasteiger partial charge in [-0.2, -0.15) is 0 Å². The van der Waals surface area contributed by atoms with Gasteiger partial charge in [0, 0.05) is 6.42 Å². The molecular weight excluding hydrogens is 434 g/mol. The van der Waals surface area contributed by atoms with Crippen molar-refractivity contribution in [1.82, 2.24) is 16.0 Å². The van der Waals surface area contributed by atoms with Crippen molar-refractivity contribution in [1.29, 1.82) is 0 Å². The van der Waals surface area contributed by atoms with E-state index in [9.17, 15) is 34.2 Å². The maximum absolute atomic E-state index is 12.9. The van der Waals surface area contributed by atoms with Crippen LogP contribution in [0.4, 0.5) is 0 Å². The first kappa shape index (κ1) is 30.3. The van der Waals surface area contributed by atoms with Crippen LogP contribution in [0.15, 0.2) is 0 Å². The van der Waals surface area contributed by atoms with Crippen LogP contribution in [-0.2, 0) is 24.0 Å². The molecule has 12 heteroatoms. The van der Waals surface area contributed by atoms with Crippen LogP contribution in [0.5, 0.6) is 0 Å². The summed E-state index contributed by atoms with van der Waals surface area (Å²) in [7, 11) is 0. The maximum atomic E-state index is 12.9. The van der Waals surface area contributed by atoms with Gasteiger partial charge in [0.25, 0.3) is 0 Å². The number of rotatable bonds is 15. The molecule has 12 nitrogen and oxygen atoms in total. The van der Waals surface area contributed by atoms with Crippen LogP contribution in [0.1, 0.15) is 60.3 Å². The molecule has 0 saturated carbocycles. The fraction of sp³-hybridized carbons (Fsp3) is 0.762. The van der Waals surface area contributed by atoms with Gasteiger partial charge in [-0.3, -0.25) is 19.2 Å². The number of carbonyl (C=O) groups is 5. The number of aliphatic hydroxyl groups is 1. The summed E-state index contributed by atoms with van der Waals surface area (Å²) >= 11 is 0. The van der Waals surface area contributed by atoms with Crippen LogP contribution in [0, 0.1) is 11.8 Å². The zero-order valence-electron chi connectivity index (χ0n) is 20.0. The smallest absolute Gasteiger partial charge is 0.326 e. The second kappa shape index (κ2) is 14.4. The average molecular weight is 474 g/mol. The Balaban J connectivity index is 5.46. The molecule has 0 aliphatic carbocycles. The number of carboxylic acids is 1. The Kier molecular flexibility index (Phi) is 13.2. The maximum Gasteiger partial charge on any atom is 0.326 e. The number of nitrogens with two attached hydrogens (primary N) is 2. The average Bonchev–Trinajstić information content (AvgIpc) is 2.70. The zero-order chi connectivity index (χ0) is 25.9. The van der Waals surface area contributed by atoms with Crippen molar-refractivity contribution in [2.24, 2.45) is 23.3 Å². The molecule has 0 bridgehead atoms. The SMILES string of the molecule is CCC(C)C(NC(=O)C(N)CC(C)C)C(=O)NC(C(=O)NC(CCC(N)=O)C(=O)O)C(C)O. The van der Waals surface area contributed by atoms with Crippen molar-refractivity contribution < 1.29 is 34.2 Å². The van der Waals surface area contributed by atoms with Crippen molar-refractivity contribution in [3.63, 3.8) is 0 Å². The molecule has 0 heterocycles. The van der Waals surface area contributed by atoms with Crippen LogP contribution in [0.3, 0.4) is 0 Å². The second-order valence-corrected chi connectivity index (χ2v) is 8.74. The number of hydrogen-bond donors (Lipinski definition) is 7. The fourth-order valence-corrected chi connectivity index (χ4v) is 3.03. The molecule has 0 aromatic rings. The third-order valence-corrected chi connectivity index (χ3v) is 5.21. The first-order valence-electron chi connectivity index (χ1n) is 11.1. The number of carbonyl (C=O) groups excluding carboxylic acids is 4. The third-order valence-electron chi connectivity index (χ3n) is 5.21. The van der Waals surface area contributed by atoms with Gasteiger partial charge in [0.05, 0.1) is 12.1 Å². The van der Waals surface area contributed by atoms with Gasteiger partial charge < -0.3 is 37.6 Å². The van der Waals surface area contributed by atoms with E-state index in [0.717, 1.165) is 0 Å². The highest BCUT2D eigenvalue weighted by molar-refractivity contribution is 5.94. The number of aliphatic carboxylic acids is 1. The molecule has 33 heavy (non-hydrogen) atoms. The van der Waals surface area contributed by atoms with Crippen LogP contribution < -0.4 is 27.4 Å². The first-order chi connectivity index (χ1) is 15.2. The molecule has 9 N–H and O–H groups in total. The van der Waals surface area contributed by atoms with Gasteiger partial charge in [-0.1, -0.05) is 34.1 Å². The largest absolute Gasteiger partial charge is 0.480 e. The van der Waals surface area contributed by atoms with Crippen molar-refractivity contribution in [2.45, 2.75) is 90.6 Å². The lowest BCUT2D eigenvalue weighted by molar-refractivity contribution is -0.143. The quantitative estimate of drug-likeness (QED) is 0.150. The number of aliphatic hydroxyl groups excluding tert-OH is 1. The normalized spacial score (nSPS) is 16.6. The molecule has 190 valence electrons. The molecule has 0 saturated heterocycles. The van der Waals surface area contributed by atoms with Crippen LogP contribution in [-0.4, -0.2) is 70.1 Å². The topological polar surface area (TPSA) is 214 Å². The summed E-state index contributed by atoms with van der Waals surface area (Å²) in [5.74, 6) is -4.48. The van der Waals surface area contributed by atoms with Crippen LogP contribution in [0.2, 0.25) is 0 Å². The summed E-state index contributed by atoms with van der Waals surface area (Å²) in [6.07, 6.45) is -0.965. The molecule has 0 aliphatic rings. The lowest BCUT2D eigenvalue weighted by Crippen LogP contribution is -2.61. The third kappa shape index (κ3) is 11.1. The number of hydrogen-bond acceptors (Lipinski definition) is 7. The molecule has 0 spiro atoms. The van der Waals surface area contributed by atoms with Gasteiger partial charge in [0.15, 0.2) is 0 Å². The molecule has 0 rings (SSSR count). The van der Waals surface area contributed by atoms with E-state index in [1.54, 1.807) is 6.92 Å². The summed E-state index contributed by atoms with van der Waals surface area (Å²) in [6, 6.07) is -4.79. The Hall–Kier alpha value is -2.73. The van der Waals surface area contributed by atoms with Crippen molar-refractivity contribution in [3.05, 3.63) is 0 Å². The molecular formula is C21H39N5O7. The Bertz CT molecular complexity index is 698. The molecule has 0 fully saturated rings. The number of primary amides is 1. The minimum absolute atomic E-state index is 0.168. The van der Waals surface area contributed by atoms with Gasteiger partial charge >= 0.3 is 5.97 Å². The summed E-state index contributed by atoms with van der Waals surface area (Å²) in [5.41, 5.74) is 10.9. The highest BCUT2D eigenvalue weighted by Gasteiger charge is 2.34. The predicted molar refractivity (Wildman–Crippen MR) is 120 cm³/mol. The van der Waals surface area contributed by atoms with E-state index in [4.69, 9.17) is 11.5 Å². The standard InChI is InChI=1S/C21H39N5O7/c1-6-11(4)16(25-18(29)13(22)9-10(2)3)19(30)26-17(12(5)27)20(31)24-14(21(32)33)7-8-15(23)28/h10-14,16-17,27H,6-9,22H2,1-5H3,(H2,23,28)(H,24,31)(H,25,29)(H,26,30)(H,32,33). The number of carboxylic acid groups (broad SMARTS) is 1. The monoisotopic (exact) mass is 473 g/mol. The second-order valence-electron chi connectivity index (χ2n) is 8.74. The van der Waals surface area contributed by atoms with Crippen molar-refractivity contribution >= 4 is 29.6 Å². The molecule has 0 aromatic heterocycles. The molecule has 6 atom stereocenters. The van der Waals surface area contributed by atoms with Crippen LogP contribution >= 0.6 is 0 Å². The van der Waals surface area contributed by atoms with E-state index in [1.807, 2.05) is 20.8 Å². The minimum Gasteiger partial charge on any atom is -0.480 e. The Labute approximate surface area is 194 Å². The zero-order valence-corrected chi connectivity index (χ0v) is 20.0. The number of amides is 4. The molecule has 4 amide bonds. The van der Waals surface area contributed by atoms with E-state index in [0.29, 0.717) is 12.8 Å². The van der Waals surface area contributed by atoms with E-state index >= 15 is 0 Å². The summed E-state index contributed by atoms with van der Waals surface area (Å²) in [4.78, 5) is 60.4. The summed E-state index contributed by atoms with van der Waals surface area (Å²) < 4.78 is 0. The van der Waals surface area contributed by atoms with Crippen LogP contribution in [0.25, 0.3) is 0 Å². The lowest BCUT2D eigenvalue weighted by Gasteiger charge is -2.29. The van der Waals surface area contributed by atoms with Gasteiger partial charge in [-0.15, -0.1) is 0 Å². The Morgan fingerprint density at radius 3 is 1.82 bits per heavy atom. The van der Waals surface area contributed by atoms with Gasteiger partial charge in [0.1, 0.15) is 18.1 Å². The Morgan fingerprint density at radius 1 is 0.879 bits per heavy atom. The van der Waals surface area contributed by atoms with E-state index < -0.39 is 59.9 Å². The van der Waals surface area contributed by atoms with Gasteiger partial charge in [-0.25, -0.2) is 4.79 Å². The highest BCUT2D eigenvalue weighted by atomic mass is 16.4. The van der Waals surface area contributed by atoms with E-state index in [1.165, 1.54) is 6.92 Å². The predicted octanol–water partition coefficient (Wildman–Crippen LogP) is -1.41. The number of nitrogens with one attached hydrogen (secondary N) is 3. The first-order valence-corrected chi connectivity index (χ1v) is 11.1. The Morgan fingerprint density at radius 2 is 1.39 bits per heavy atom. The molecule has 0 aliphatic heterocycles. The van der Waals surface area contributed by atoms with Gasteiger partial charge in [-0.05, 0) is 31.6 Å². The molecule has 6 unspecified atom stereocenters. The molecule has 0 aromatic carbocycles. The van der Waals surface area contributed by atoms with Gasteiger partial charge in [0.2, 0.25) is 23.6 Å². The summed E-state index contributed by atoms with van der Waals surface area (Å²) in [5, 5.41) is 26.5. The lowest BCUT2D eigenvalue weighted by atomic mass is 9.96. The van der Waals surface area contributed by atoms with Crippen molar-refractivity contribution in [3.8, 4) is 0 Å². The van der Waals surface area contributed by atoms with E-state index in [2.05, 4.69) is 16.0 Å². The summed E-state index contributed by atoms with van der Waals surface area (Å²) in [6.45, 7) is 8.62. The fourth-order valence-electron chi connectivity index (χ4n) is 3.03. The minimum atomic E-state index is -1.50. The highest BCUT2D eigenvalue weighted by Crippen LogP contribution is 2.11. The van der Waals surface area contributed by atoms with Crippen molar-refractivity contribution in [2.75, 3.05) is 0 Å². The van der Waals surface area contributed by atoms with E-state index in [-0.39, 0.29) is 24.7 Å². The molecule has 0 radical (unpaired) electrons.